The van der Waals surface area contributed by atoms with E-state index >= 15 is 0 Å². The van der Waals surface area contributed by atoms with E-state index in [0.717, 1.165) is 5.56 Å². The van der Waals surface area contributed by atoms with Crippen LogP contribution < -0.4 is 5.32 Å². The number of carbonyl (C=O) groups is 1. The Kier molecular flexibility index (Phi) is 4.52. The van der Waals surface area contributed by atoms with Crippen LogP contribution in [0.3, 0.4) is 0 Å². The summed E-state index contributed by atoms with van der Waals surface area (Å²) in [7, 11) is 0. The molecule has 1 N–H and O–H groups in total. The molecule has 0 unspecified atom stereocenters. The molecule has 1 aliphatic rings. The molecule has 2 aromatic carbocycles. The van der Waals surface area contributed by atoms with E-state index in [4.69, 9.17) is 23.2 Å². The number of halogens is 2. The number of rotatable bonds is 2. The Morgan fingerprint density at radius 3 is 2.41 bits per heavy atom. The normalized spacial score (nSPS) is 18.0. The molecule has 1 aliphatic heterocycles. The number of hydrogen-bond donors (Lipinski definition) is 1. The van der Waals surface area contributed by atoms with Crippen molar-refractivity contribution < 1.29 is 4.79 Å². The zero-order chi connectivity index (χ0) is 15.5. The molecule has 0 radical (unpaired) electrons. The molecule has 0 spiro atoms. The maximum Gasteiger partial charge on any atom is 0.264 e. The Morgan fingerprint density at radius 2 is 1.68 bits per heavy atom. The zero-order valence-electron chi connectivity index (χ0n) is 11.2. The van der Waals surface area contributed by atoms with Gasteiger partial charge in [-0.1, -0.05) is 53.5 Å². The molecule has 1 heterocycles. The van der Waals surface area contributed by atoms with Gasteiger partial charge in [-0.05, 0) is 41.6 Å². The maximum absolute atomic E-state index is 12.0. The number of para-hydroxylation sites is 1. The number of benzene rings is 2. The predicted molar refractivity (Wildman–Crippen MR) is 93.7 cm³/mol. The quantitative estimate of drug-likeness (QED) is 0.785. The Balaban J connectivity index is 1.88. The van der Waals surface area contributed by atoms with Crippen molar-refractivity contribution in [3.05, 3.63) is 69.0 Å². The van der Waals surface area contributed by atoms with Crippen LogP contribution in [0, 0.1) is 0 Å². The number of amides is 1. The fourth-order valence-electron chi connectivity index (χ4n) is 1.87. The van der Waals surface area contributed by atoms with Gasteiger partial charge in [0.1, 0.15) is 0 Å². The van der Waals surface area contributed by atoms with Crippen molar-refractivity contribution in [3.63, 3.8) is 0 Å². The first-order valence-electron chi connectivity index (χ1n) is 6.42. The van der Waals surface area contributed by atoms with E-state index in [2.05, 4.69) is 10.3 Å². The third-order valence-corrected chi connectivity index (χ3v) is 4.49. The summed E-state index contributed by atoms with van der Waals surface area (Å²) in [5.74, 6) is -0.198. The highest BCUT2D eigenvalue weighted by atomic mass is 35.5. The van der Waals surface area contributed by atoms with Gasteiger partial charge in [-0.15, -0.1) is 0 Å². The molecule has 1 saturated heterocycles. The third-order valence-electron chi connectivity index (χ3n) is 2.92. The van der Waals surface area contributed by atoms with Gasteiger partial charge < -0.3 is 5.32 Å². The summed E-state index contributed by atoms with van der Waals surface area (Å²) in [4.78, 5) is 16.9. The van der Waals surface area contributed by atoms with Crippen LogP contribution in [-0.4, -0.2) is 11.1 Å². The van der Waals surface area contributed by atoms with Crippen LogP contribution >= 0.6 is 35.0 Å². The lowest BCUT2D eigenvalue weighted by Gasteiger charge is -1.98. The van der Waals surface area contributed by atoms with E-state index in [1.54, 1.807) is 24.3 Å². The van der Waals surface area contributed by atoms with E-state index in [9.17, 15) is 4.79 Å². The Labute approximate surface area is 142 Å². The highest BCUT2D eigenvalue weighted by Crippen LogP contribution is 2.31. The largest absolute Gasteiger partial charge is 0.300 e. The Bertz CT molecular complexity index is 802. The first kappa shape index (κ1) is 15.2. The molecule has 2 aromatic rings. The van der Waals surface area contributed by atoms with Crippen molar-refractivity contribution in [2.75, 3.05) is 0 Å². The smallest absolute Gasteiger partial charge is 0.264 e. The molecular formula is C16H10Cl2N2OS. The van der Waals surface area contributed by atoms with Crippen LogP contribution in [0.1, 0.15) is 5.56 Å². The lowest BCUT2D eigenvalue weighted by molar-refractivity contribution is -0.115. The number of carbonyl (C=O) groups excluding carboxylic acids is 1. The number of nitrogens with zero attached hydrogens (tertiary/aromatic N) is 1. The van der Waals surface area contributed by atoms with E-state index in [1.165, 1.54) is 11.8 Å². The molecule has 1 fully saturated rings. The molecule has 0 saturated carbocycles. The molecule has 6 heteroatoms. The summed E-state index contributed by atoms with van der Waals surface area (Å²) in [5.41, 5.74) is 1.41. The van der Waals surface area contributed by atoms with Gasteiger partial charge in [0.25, 0.3) is 5.91 Å². The average molecular weight is 349 g/mol. The standard InChI is InChI=1S/C16H10Cl2N2OS/c17-11-6-2-1-5-10(11)9-14-15(21)20-16(22-14)19-13-8-4-3-7-12(13)18/h1-9H,(H,19,20,21)/b14-9+. The molecule has 0 bridgehead atoms. The van der Waals surface area contributed by atoms with Crippen LogP contribution in [0.15, 0.2) is 58.4 Å². The summed E-state index contributed by atoms with van der Waals surface area (Å²) in [6, 6.07) is 14.6. The van der Waals surface area contributed by atoms with E-state index in [-0.39, 0.29) is 5.91 Å². The van der Waals surface area contributed by atoms with Gasteiger partial charge in [0.05, 0.1) is 15.6 Å². The second-order valence-electron chi connectivity index (χ2n) is 4.45. The van der Waals surface area contributed by atoms with Gasteiger partial charge >= 0.3 is 0 Å². The fourth-order valence-corrected chi connectivity index (χ4v) is 3.06. The summed E-state index contributed by atoms with van der Waals surface area (Å²) >= 11 is 13.4. The number of hydrogen-bond acceptors (Lipinski definition) is 3. The second-order valence-corrected chi connectivity index (χ2v) is 6.30. The molecule has 22 heavy (non-hydrogen) atoms. The monoisotopic (exact) mass is 348 g/mol. The lowest BCUT2D eigenvalue weighted by Crippen LogP contribution is -2.19. The lowest BCUT2D eigenvalue weighted by atomic mass is 10.2. The maximum atomic E-state index is 12.0. The van der Waals surface area contributed by atoms with E-state index in [1.807, 2.05) is 30.3 Å². The number of aliphatic imine (C=N–C) groups is 1. The van der Waals surface area contributed by atoms with Gasteiger partial charge in [0.2, 0.25) is 0 Å². The minimum atomic E-state index is -0.198. The molecule has 1 amide bonds. The summed E-state index contributed by atoms with van der Waals surface area (Å²) in [6.07, 6.45) is 1.75. The van der Waals surface area contributed by atoms with Crippen LogP contribution in [-0.2, 0) is 4.79 Å². The van der Waals surface area contributed by atoms with E-state index in [0.29, 0.717) is 25.8 Å². The molecule has 3 rings (SSSR count). The predicted octanol–water partition coefficient (Wildman–Crippen LogP) is 4.89. The molecule has 0 aliphatic carbocycles. The van der Waals surface area contributed by atoms with Gasteiger partial charge in [-0.3, -0.25) is 4.79 Å². The van der Waals surface area contributed by atoms with Crippen molar-refractivity contribution in [2.24, 2.45) is 4.99 Å². The molecule has 0 atom stereocenters. The fraction of sp³-hybridized carbons (Fsp3) is 0. The number of nitrogens with one attached hydrogen (secondary N) is 1. The minimum absolute atomic E-state index is 0.198. The van der Waals surface area contributed by atoms with Crippen LogP contribution in [0.25, 0.3) is 6.08 Å². The minimum Gasteiger partial charge on any atom is -0.300 e. The highest BCUT2D eigenvalue weighted by molar-refractivity contribution is 8.18. The molecule has 3 nitrogen and oxygen atoms in total. The van der Waals surface area contributed by atoms with Crippen LogP contribution in [0.5, 0.6) is 0 Å². The van der Waals surface area contributed by atoms with Gasteiger partial charge in [0, 0.05) is 5.02 Å². The summed E-state index contributed by atoms with van der Waals surface area (Å²) < 4.78 is 0. The van der Waals surface area contributed by atoms with Crippen molar-refractivity contribution >= 4 is 57.8 Å². The molecule has 110 valence electrons. The van der Waals surface area contributed by atoms with Crippen molar-refractivity contribution in [2.45, 2.75) is 0 Å². The summed E-state index contributed by atoms with van der Waals surface area (Å²) in [6.45, 7) is 0. The first-order valence-corrected chi connectivity index (χ1v) is 7.99. The van der Waals surface area contributed by atoms with Crippen molar-refractivity contribution in [3.8, 4) is 0 Å². The Hall–Kier alpha value is -1.75. The van der Waals surface area contributed by atoms with Gasteiger partial charge in [0.15, 0.2) is 5.17 Å². The third kappa shape index (κ3) is 3.35. The van der Waals surface area contributed by atoms with Crippen LogP contribution in [0.2, 0.25) is 10.0 Å². The highest BCUT2D eigenvalue weighted by Gasteiger charge is 2.24. The zero-order valence-corrected chi connectivity index (χ0v) is 13.5. The number of thioether (sulfide) groups is 1. The number of amidine groups is 1. The molecule has 0 aromatic heterocycles. The topological polar surface area (TPSA) is 41.5 Å². The van der Waals surface area contributed by atoms with Gasteiger partial charge in [-0.25, -0.2) is 4.99 Å². The average Bonchev–Trinajstić information content (AvgIpc) is 2.84. The first-order chi connectivity index (χ1) is 10.6. The molecular weight excluding hydrogens is 339 g/mol. The van der Waals surface area contributed by atoms with E-state index < -0.39 is 0 Å². The SMILES string of the molecule is O=C1NC(=Nc2ccccc2Cl)S/C1=C/c1ccccc1Cl. The Morgan fingerprint density at radius 1 is 1.00 bits per heavy atom. The van der Waals surface area contributed by atoms with Crippen molar-refractivity contribution in [1.29, 1.82) is 0 Å². The summed E-state index contributed by atoms with van der Waals surface area (Å²) in [5, 5.41) is 4.35. The second kappa shape index (κ2) is 6.57. The van der Waals surface area contributed by atoms with Gasteiger partial charge in [-0.2, -0.15) is 0 Å². The van der Waals surface area contributed by atoms with Crippen LogP contribution in [0.4, 0.5) is 5.69 Å². The van der Waals surface area contributed by atoms with Crippen molar-refractivity contribution in [1.82, 2.24) is 5.32 Å².